The lowest BCUT2D eigenvalue weighted by Gasteiger charge is -2.09. The number of ether oxygens (including phenoxy) is 1. The van der Waals surface area contributed by atoms with Crippen LogP contribution < -0.4 is 10.6 Å². The largest absolute Gasteiger partial charge is 0.465 e. The molecule has 2 amide bonds. The third-order valence-electron chi connectivity index (χ3n) is 4.73. The summed E-state index contributed by atoms with van der Waals surface area (Å²) in [5, 5.41) is 5.66. The van der Waals surface area contributed by atoms with Gasteiger partial charge in [-0.15, -0.1) is 0 Å². The Bertz CT molecular complexity index is 1050. The van der Waals surface area contributed by atoms with Gasteiger partial charge in [-0.2, -0.15) is 0 Å². The van der Waals surface area contributed by atoms with Crippen molar-refractivity contribution in [1.82, 2.24) is 5.32 Å². The minimum absolute atomic E-state index is 0.0174. The fourth-order valence-electron chi connectivity index (χ4n) is 3.01. The van der Waals surface area contributed by atoms with Crippen LogP contribution in [0.4, 0.5) is 5.69 Å². The molecule has 0 aliphatic heterocycles. The first-order chi connectivity index (χ1) is 15.0. The number of hydrogen-bond acceptors (Lipinski definition) is 4. The van der Waals surface area contributed by atoms with Gasteiger partial charge in [0.1, 0.15) is 0 Å². The molecule has 0 atom stereocenters. The standard InChI is InChI=1S/C25H24N2O4/c1-31-25(30)21-8-5-9-22(16-21)27-24(29)20-13-10-19(11-14-20)17-26-23(28)15-12-18-6-3-2-4-7-18/h2-11,13-14,16H,12,15,17H2,1H3,(H,26,28)(H,27,29). The topological polar surface area (TPSA) is 84.5 Å². The number of methoxy groups -OCH3 is 1. The van der Waals surface area contributed by atoms with Gasteiger partial charge in [0.05, 0.1) is 12.7 Å². The molecule has 158 valence electrons. The van der Waals surface area contributed by atoms with Crippen molar-refractivity contribution in [2.75, 3.05) is 12.4 Å². The van der Waals surface area contributed by atoms with Crippen molar-refractivity contribution in [3.8, 4) is 0 Å². The zero-order valence-corrected chi connectivity index (χ0v) is 17.3. The van der Waals surface area contributed by atoms with Crippen LogP contribution >= 0.6 is 0 Å². The number of esters is 1. The monoisotopic (exact) mass is 416 g/mol. The summed E-state index contributed by atoms with van der Waals surface area (Å²) in [6, 6.07) is 23.4. The molecule has 3 aromatic rings. The van der Waals surface area contributed by atoms with Gasteiger partial charge < -0.3 is 15.4 Å². The van der Waals surface area contributed by atoms with E-state index in [9.17, 15) is 14.4 Å². The molecule has 0 spiro atoms. The highest BCUT2D eigenvalue weighted by atomic mass is 16.5. The van der Waals surface area contributed by atoms with Crippen LogP contribution in [0, 0.1) is 0 Å². The van der Waals surface area contributed by atoms with E-state index in [1.807, 2.05) is 30.3 Å². The van der Waals surface area contributed by atoms with Gasteiger partial charge in [-0.1, -0.05) is 48.5 Å². The average Bonchev–Trinajstić information content (AvgIpc) is 2.82. The summed E-state index contributed by atoms with van der Waals surface area (Å²) < 4.78 is 4.69. The van der Waals surface area contributed by atoms with Gasteiger partial charge in [-0.3, -0.25) is 9.59 Å². The van der Waals surface area contributed by atoms with Crippen LogP contribution in [-0.4, -0.2) is 24.9 Å². The molecular formula is C25H24N2O4. The molecule has 0 saturated heterocycles. The predicted molar refractivity (Wildman–Crippen MR) is 119 cm³/mol. The lowest BCUT2D eigenvalue weighted by atomic mass is 10.1. The normalized spacial score (nSPS) is 10.2. The minimum Gasteiger partial charge on any atom is -0.465 e. The summed E-state index contributed by atoms with van der Waals surface area (Å²) >= 11 is 0. The maximum absolute atomic E-state index is 12.5. The number of carbonyl (C=O) groups excluding carboxylic acids is 3. The van der Waals surface area contributed by atoms with E-state index in [0.29, 0.717) is 36.2 Å². The van der Waals surface area contributed by atoms with E-state index in [-0.39, 0.29) is 11.8 Å². The lowest BCUT2D eigenvalue weighted by molar-refractivity contribution is -0.121. The number of carbonyl (C=O) groups is 3. The predicted octanol–water partition coefficient (Wildman–Crippen LogP) is 3.97. The molecule has 0 bridgehead atoms. The molecule has 2 N–H and O–H groups in total. The number of rotatable bonds is 8. The Hall–Kier alpha value is -3.93. The maximum atomic E-state index is 12.5. The molecule has 3 rings (SSSR count). The highest BCUT2D eigenvalue weighted by Gasteiger charge is 2.10. The zero-order chi connectivity index (χ0) is 22.1. The van der Waals surface area contributed by atoms with Crippen molar-refractivity contribution >= 4 is 23.5 Å². The third-order valence-corrected chi connectivity index (χ3v) is 4.73. The third kappa shape index (κ3) is 6.54. The number of aryl methyl sites for hydroxylation is 1. The van der Waals surface area contributed by atoms with Crippen LogP contribution in [0.5, 0.6) is 0 Å². The van der Waals surface area contributed by atoms with E-state index in [2.05, 4.69) is 15.4 Å². The summed E-state index contributed by atoms with van der Waals surface area (Å²) in [5.74, 6) is -0.775. The molecule has 31 heavy (non-hydrogen) atoms. The van der Waals surface area contributed by atoms with Crippen molar-refractivity contribution in [2.24, 2.45) is 0 Å². The van der Waals surface area contributed by atoms with Crippen molar-refractivity contribution in [1.29, 1.82) is 0 Å². The molecule has 3 aromatic carbocycles. The van der Waals surface area contributed by atoms with Crippen LogP contribution in [0.25, 0.3) is 0 Å². The van der Waals surface area contributed by atoms with E-state index in [0.717, 1.165) is 11.1 Å². The molecule has 0 aliphatic carbocycles. The Kier molecular flexibility index (Phi) is 7.54. The molecule has 0 heterocycles. The molecule has 6 nitrogen and oxygen atoms in total. The van der Waals surface area contributed by atoms with Gasteiger partial charge in [0.15, 0.2) is 0 Å². The first-order valence-electron chi connectivity index (χ1n) is 9.94. The zero-order valence-electron chi connectivity index (χ0n) is 17.3. The van der Waals surface area contributed by atoms with Crippen LogP contribution in [0.1, 0.15) is 38.3 Å². The van der Waals surface area contributed by atoms with Crippen molar-refractivity contribution in [3.63, 3.8) is 0 Å². The van der Waals surface area contributed by atoms with Crippen LogP contribution in [0.2, 0.25) is 0 Å². The summed E-state index contributed by atoms with van der Waals surface area (Å²) in [5.41, 5.74) is 3.37. The number of hydrogen-bond donors (Lipinski definition) is 2. The number of amides is 2. The quantitative estimate of drug-likeness (QED) is 0.544. The van der Waals surface area contributed by atoms with Gasteiger partial charge in [-0.25, -0.2) is 4.79 Å². The second-order valence-corrected chi connectivity index (χ2v) is 6.99. The highest BCUT2D eigenvalue weighted by Crippen LogP contribution is 2.14. The Labute approximate surface area is 181 Å². The van der Waals surface area contributed by atoms with Gasteiger partial charge in [0.25, 0.3) is 5.91 Å². The Morgan fingerprint density at radius 3 is 2.26 bits per heavy atom. The number of benzene rings is 3. The van der Waals surface area contributed by atoms with Gasteiger partial charge in [0.2, 0.25) is 5.91 Å². The maximum Gasteiger partial charge on any atom is 0.337 e. The van der Waals surface area contributed by atoms with Crippen molar-refractivity contribution in [2.45, 2.75) is 19.4 Å². The van der Waals surface area contributed by atoms with Gasteiger partial charge in [-0.05, 0) is 47.9 Å². The molecule has 0 fully saturated rings. The summed E-state index contributed by atoms with van der Waals surface area (Å²) in [4.78, 5) is 36.1. The summed E-state index contributed by atoms with van der Waals surface area (Å²) in [6.45, 7) is 0.400. The summed E-state index contributed by atoms with van der Waals surface area (Å²) in [6.07, 6.45) is 1.12. The van der Waals surface area contributed by atoms with Crippen molar-refractivity contribution in [3.05, 3.63) is 101 Å². The lowest BCUT2D eigenvalue weighted by Crippen LogP contribution is -2.23. The molecule has 6 heteroatoms. The first kappa shape index (κ1) is 21.8. The van der Waals surface area contributed by atoms with Crippen LogP contribution in [0.3, 0.4) is 0 Å². The van der Waals surface area contributed by atoms with E-state index < -0.39 is 5.97 Å². The van der Waals surface area contributed by atoms with E-state index in [1.54, 1.807) is 48.5 Å². The van der Waals surface area contributed by atoms with E-state index >= 15 is 0 Å². The Morgan fingerprint density at radius 1 is 0.806 bits per heavy atom. The van der Waals surface area contributed by atoms with Gasteiger partial charge in [0, 0.05) is 24.2 Å². The fourth-order valence-corrected chi connectivity index (χ4v) is 3.01. The van der Waals surface area contributed by atoms with E-state index in [1.165, 1.54) is 7.11 Å². The highest BCUT2D eigenvalue weighted by molar-refractivity contribution is 6.04. The smallest absolute Gasteiger partial charge is 0.337 e. The molecule has 0 aromatic heterocycles. The van der Waals surface area contributed by atoms with Crippen molar-refractivity contribution < 1.29 is 19.1 Å². The average molecular weight is 416 g/mol. The van der Waals surface area contributed by atoms with Crippen LogP contribution in [-0.2, 0) is 22.5 Å². The number of anilines is 1. The second kappa shape index (κ2) is 10.7. The number of nitrogens with one attached hydrogen (secondary N) is 2. The first-order valence-corrected chi connectivity index (χ1v) is 9.94. The second-order valence-electron chi connectivity index (χ2n) is 6.99. The van der Waals surface area contributed by atoms with Gasteiger partial charge >= 0.3 is 5.97 Å². The Morgan fingerprint density at radius 2 is 1.55 bits per heavy atom. The molecule has 0 radical (unpaired) electrons. The minimum atomic E-state index is -0.466. The molecule has 0 aliphatic rings. The Balaban J connectivity index is 1.49. The SMILES string of the molecule is COC(=O)c1cccc(NC(=O)c2ccc(CNC(=O)CCc3ccccc3)cc2)c1. The molecule has 0 unspecified atom stereocenters. The van der Waals surface area contributed by atoms with E-state index in [4.69, 9.17) is 0 Å². The molecule has 0 saturated carbocycles. The van der Waals surface area contributed by atoms with Crippen LogP contribution in [0.15, 0.2) is 78.9 Å². The summed E-state index contributed by atoms with van der Waals surface area (Å²) in [7, 11) is 1.31. The molecular weight excluding hydrogens is 392 g/mol. The fraction of sp³-hybridized carbons (Fsp3) is 0.160.